The molecule has 0 fully saturated rings. The van der Waals surface area contributed by atoms with Crippen LogP contribution < -0.4 is 9.64 Å². The van der Waals surface area contributed by atoms with Crippen molar-refractivity contribution in [1.82, 2.24) is 14.8 Å². The molecule has 2 heterocycles. The predicted molar refractivity (Wildman–Crippen MR) is 136 cm³/mol. The number of anilines is 1. The van der Waals surface area contributed by atoms with Crippen molar-refractivity contribution in [2.24, 2.45) is 0 Å². The average Bonchev–Trinajstić information content (AvgIpc) is 3.36. The fourth-order valence-corrected chi connectivity index (χ4v) is 3.83. The average molecular weight is 515 g/mol. The van der Waals surface area contributed by atoms with Crippen molar-refractivity contribution in [2.45, 2.75) is 20.5 Å². The first-order valence-electron chi connectivity index (χ1n) is 10.6. The Kier molecular flexibility index (Phi) is 9.05. The summed E-state index contributed by atoms with van der Waals surface area (Å²) in [7, 11) is 0. The number of carbonyl (C=O) groups excluding carboxylic acids is 1. The van der Waals surface area contributed by atoms with E-state index in [0.29, 0.717) is 23.0 Å². The van der Waals surface area contributed by atoms with Gasteiger partial charge in [-0.1, -0.05) is 29.8 Å². The lowest BCUT2D eigenvalue weighted by atomic mass is 10.1. The van der Waals surface area contributed by atoms with Crippen LogP contribution in [0.2, 0.25) is 5.02 Å². The molecule has 35 heavy (non-hydrogen) atoms. The van der Waals surface area contributed by atoms with Crippen LogP contribution in [-0.2, 0) is 16.3 Å². The van der Waals surface area contributed by atoms with Gasteiger partial charge in [0.2, 0.25) is 5.91 Å². The number of carbonyl (C=O) groups is 2. The zero-order chi connectivity index (χ0) is 25.4. The smallest absolute Gasteiger partial charge is 0.341 e. The molecule has 0 radical (unpaired) electrons. The molecule has 4 rings (SSSR count). The van der Waals surface area contributed by atoms with Crippen LogP contribution in [0.1, 0.15) is 11.1 Å². The quantitative estimate of drug-likeness (QED) is 0.345. The number of aliphatic carboxylic acids is 1. The van der Waals surface area contributed by atoms with Crippen LogP contribution in [0.5, 0.6) is 5.75 Å². The fraction of sp³-hybridized carbons (Fsp3) is 0.200. The Balaban J connectivity index is 0.000000198. The van der Waals surface area contributed by atoms with Crippen LogP contribution in [0.25, 0.3) is 10.9 Å². The number of benzene rings is 2. The topological polar surface area (TPSA) is 97.6 Å². The molecule has 0 saturated carbocycles. The number of carboxylic acids is 1. The van der Waals surface area contributed by atoms with E-state index in [2.05, 4.69) is 10.1 Å². The van der Waals surface area contributed by atoms with E-state index >= 15 is 0 Å². The number of halogens is 2. The van der Waals surface area contributed by atoms with Crippen LogP contribution in [0, 0.1) is 13.8 Å². The van der Waals surface area contributed by atoms with Crippen LogP contribution >= 0.6 is 23.2 Å². The van der Waals surface area contributed by atoms with Crippen LogP contribution in [0.3, 0.4) is 0 Å². The van der Waals surface area contributed by atoms with Crippen LogP contribution in [-0.4, -0.2) is 44.2 Å². The van der Waals surface area contributed by atoms with Crippen molar-refractivity contribution in [3.05, 3.63) is 83.3 Å². The molecule has 1 N–H and O–H groups in total. The lowest BCUT2D eigenvalue weighted by Gasteiger charge is -2.25. The number of hydrogen-bond donors (Lipinski definition) is 1. The molecule has 8 nitrogen and oxygen atoms in total. The first-order chi connectivity index (χ1) is 16.8. The van der Waals surface area contributed by atoms with Gasteiger partial charge in [0, 0.05) is 24.0 Å². The Bertz CT molecular complexity index is 1290. The summed E-state index contributed by atoms with van der Waals surface area (Å²) in [6, 6.07) is 14.6. The Morgan fingerprint density at radius 3 is 2.43 bits per heavy atom. The Morgan fingerprint density at radius 2 is 1.80 bits per heavy atom. The SMILES string of the molecule is Cc1cccc(C)c1N(Cn1cccn1)C(=O)CCl.O=C(O)COc1ccc(Cl)c2cccnc12. The largest absolute Gasteiger partial charge is 0.480 e. The summed E-state index contributed by atoms with van der Waals surface area (Å²) < 4.78 is 6.82. The zero-order valence-corrected chi connectivity index (χ0v) is 20.7. The molecule has 0 aliphatic carbocycles. The van der Waals surface area contributed by atoms with E-state index in [1.165, 1.54) is 0 Å². The minimum absolute atomic E-state index is 0.0466. The molecule has 2 aromatic heterocycles. The molecule has 0 unspecified atom stereocenters. The van der Waals surface area contributed by atoms with Crippen molar-refractivity contribution in [3.8, 4) is 5.75 Å². The molecule has 0 spiro atoms. The van der Waals surface area contributed by atoms with Gasteiger partial charge >= 0.3 is 5.97 Å². The van der Waals surface area contributed by atoms with Gasteiger partial charge in [-0.2, -0.15) is 5.10 Å². The summed E-state index contributed by atoms with van der Waals surface area (Å²) in [5.74, 6) is -0.786. The number of para-hydroxylation sites is 1. The number of pyridine rings is 1. The number of hydrogen-bond acceptors (Lipinski definition) is 5. The molecule has 10 heteroatoms. The van der Waals surface area contributed by atoms with Crippen molar-refractivity contribution in [3.63, 3.8) is 0 Å². The van der Waals surface area contributed by atoms with E-state index in [1.807, 2.05) is 44.3 Å². The zero-order valence-electron chi connectivity index (χ0n) is 19.2. The number of ether oxygens (including phenoxy) is 1. The van der Waals surface area contributed by atoms with Crippen molar-refractivity contribution >= 4 is 51.7 Å². The minimum Gasteiger partial charge on any atom is -0.480 e. The van der Waals surface area contributed by atoms with E-state index in [1.54, 1.807) is 46.2 Å². The molecule has 4 aromatic rings. The molecular weight excluding hydrogens is 491 g/mol. The highest BCUT2D eigenvalue weighted by Crippen LogP contribution is 2.29. The van der Waals surface area contributed by atoms with Gasteiger partial charge in [0.1, 0.15) is 23.8 Å². The highest BCUT2D eigenvalue weighted by Gasteiger charge is 2.19. The normalized spacial score (nSPS) is 10.4. The van der Waals surface area contributed by atoms with Gasteiger partial charge in [-0.15, -0.1) is 11.6 Å². The number of carboxylic acid groups (broad SMARTS) is 1. The highest BCUT2D eigenvalue weighted by molar-refractivity contribution is 6.35. The number of nitrogens with zero attached hydrogens (tertiary/aromatic N) is 4. The van der Waals surface area contributed by atoms with Gasteiger partial charge < -0.3 is 9.84 Å². The molecule has 182 valence electrons. The second kappa shape index (κ2) is 12.2. The summed E-state index contributed by atoms with van der Waals surface area (Å²) in [5.41, 5.74) is 3.57. The molecule has 0 aliphatic heterocycles. The maximum absolute atomic E-state index is 12.1. The summed E-state index contributed by atoms with van der Waals surface area (Å²) >= 11 is 11.7. The maximum Gasteiger partial charge on any atom is 0.341 e. The van der Waals surface area contributed by atoms with Gasteiger partial charge in [0.15, 0.2) is 6.61 Å². The van der Waals surface area contributed by atoms with Crippen molar-refractivity contribution in [1.29, 1.82) is 0 Å². The Hall–Kier alpha value is -3.62. The molecule has 0 saturated heterocycles. The third kappa shape index (κ3) is 6.71. The van der Waals surface area contributed by atoms with Crippen LogP contribution in [0.15, 0.2) is 67.1 Å². The lowest BCUT2D eigenvalue weighted by molar-refractivity contribution is -0.139. The summed E-state index contributed by atoms with van der Waals surface area (Å²) in [6.45, 7) is 3.94. The Morgan fingerprint density at radius 1 is 1.06 bits per heavy atom. The number of aromatic nitrogens is 3. The number of aryl methyl sites for hydroxylation is 2. The van der Waals surface area contributed by atoms with E-state index in [-0.39, 0.29) is 11.8 Å². The number of amides is 1. The van der Waals surface area contributed by atoms with Crippen molar-refractivity contribution in [2.75, 3.05) is 17.4 Å². The Labute approximate surface area is 212 Å². The fourth-order valence-electron chi connectivity index (χ4n) is 3.47. The summed E-state index contributed by atoms with van der Waals surface area (Å²) in [6.07, 6.45) is 5.11. The van der Waals surface area contributed by atoms with Crippen LogP contribution in [0.4, 0.5) is 5.69 Å². The second-order valence-corrected chi connectivity index (χ2v) is 8.18. The monoisotopic (exact) mass is 514 g/mol. The first-order valence-corrected chi connectivity index (χ1v) is 11.5. The molecule has 2 aromatic carbocycles. The summed E-state index contributed by atoms with van der Waals surface area (Å²) in [4.78, 5) is 28.3. The predicted octanol–water partition coefficient (Wildman–Crippen LogP) is 5.08. The van der Waals surface area contributed by atoms with Gasteiger partial charge in [-0.3, -0.25) is 19.4 Å². The highest BCUT2D eigenvalue weighted by atomic mass is 35.5. The molecule has 1 amide bonds. The van der Waals surface area contributed by atoms with Crippen molar-refractivity contribution < 1.29 is 19.4 Å². The third-order valence-electron chi connectivity index (χ3n) is 5.00. The molecular formula is C25H24Cl2N4O4. The van der Waals surface area contributed by atoms with E-state index < -0.39 is 12.6 Å². The van der Waals surface area contributed by atoms with Gasteiger partial charge in [0.25, 0.3) is 0 Å². The number of rotatable bonds is 7. The minimum atomic E-state index is -1.03. The van der Waals surface area contributed by atoms with E-state index in [4.69, 9.17) is 33.0 Å². The number of fused-ring (bicyclic) bond motifs is 1. The van der Waals surface area contributed by atoms with E-state index in [9.17, 15) is 9.59 Å². The standard InChI is InChI=1S/C14H16ClN3O.C11H8ClNO3/c1-11-5-3-6-12(2)14(11)18(13(19)9-15)10-17-8-4-7-16-17;12-8-3-4-9(16-6-10(14)15)11-7(8)2-1-5-13-11/h3-8H,9-10H2,1-2H3;1-5H,6H2,(H,14,15). The van der Waals surface area contributed by atoms with Gasteiger partial charge in [0.05, 0.1) is 10.7 Å². The van der Waals surface area contributed by atoms with Gasteiger partial charge in [-0.05, 0) is 55.3 Å². The maximum atomic E-state index is 12.1. The number of alkyl halides is 1. The third-order valence-corrected chi connectivity index (χ3v) is 5.56. The second-order valence-electron chi connectivity index (χ2n) is 7.51. The molecule has 0 bridgehead atoms. The molecule has 0 aliphatic rings. The lowest BCUT2D eigenvalue weighted by Crippen LogP contribution is -2.35. The summed E-state index contributed by atoms with van der Waals surface area (Å²) in [5, 5.41) is 14.0. The van der Waals surface area contributed by atoms with Gasteiger partial charge in [-0.25, -0.2) is 4.79 Å². The molecule has 0 atom stereocenters. The van der Waals surface area contributed by atoms with E-state index in [0.717, 1.165) is 22.2 Å². The first kappa shape index (κ1) is 26.0.